The number of ether oxygens (including phenoxy) is 1. The van der Waals surface area contributed by atoms with Crippen molar-refractivity contribution in [2.75, 3.05) is 12.8 Å². The van der Waals surface area contributed by atoms with Crippen molar-refractivity contribution in [2.24, 2.45) is 0 Å². The monoisotopic (exact) mass is 261 g/mol. The molecule has 0 radical (unpaired) electrons. The van der Waals surface area contributed by atoms with Gasteiger partial charge >= 0.3 is 5.97 Å². The van der Waals surface area contributed by atoms with E-state index in [1.165, 1.54) is 19.4 Å². The Morgan fingerprint density at radius 2 is 2.16 bits per heavy atom. The quantitative estimate of drug-likeness (QED) is 0.848. The third-order valence-electron chi connectivity index (χ3n) is 2.58. The molecule has 19 heavy (non-hydrogen) atoms. The molecule has 98 valence electrons. The van der Waals surface area contributed by atoms with E-state index in [4.69, 9.17) is 5.73 Å². The Morgan fingerprint density at radius 3 is 2.79 bits per heavy atom. The van der Waals surface area contributed by atoms with Crippen LogP contribution in [-0.2, 0) is 11.2 Å². The summed E-state index contributed by atoms with van der Waals surface area (Å²) in [5.74, 6) is -0.569. The van der Waals surface area contributed by atoms with Gasteiger partial charge in [0.1, 0.15) is 23.0 Å². The lowest BCUT2D eigenvalue weighted by Crippen LogP contribution is -2.10. The van der Waals surface area contributed by atoms with Crippen LogP contribution in [0.4, 0.5) is 10.2 Å². The molecule has 0 unspecified atom stereocenters. The van der Waals surface area contributed by atoms with Crippen LogP contribution in [0.25, 0.3) is 0 Å². The Balaban J connectivity index is 2.26. The second-order valence-electron chi connectivity index (χ2n) is 3.84. The molecule has 5 nitrogen and oxygen atoms in total. The second kappa shape index (κ2) is 5.43. The standard InChI is InChI=1S/C13H12FN3O2/c1-19-13(18)9-7-16-11(17-12(9)15)6-8-4-2-3-5-10(8)14/h2-5,7H,6H2,1H3,(H2,15,16,17). The molecule has 0 aliphatic rings. The van der Waals surface area contributed by atoms with Crippen molar-refractivity contribution in [3.63, 3.8) is 0 Å². The van der Waals surface area contributed by atoms with E-state index in [0.717, 1.165) is 0 Å². The maximum atomic E-state index is 13.5. The summed E-state index contributed by atoms with van der Waals surface area (Å²) in [6, 6.07) is 6.34. The molecule has 0 aliphatic carbocycles. The van der Waals surface area contributed by atoms with Crippen LogP contribution in [-0.4, -0.2) is 23.0 Å². The van der Waals surface area contributed by atoms with E-state index >= 15 is 0 Å². The first kappa shape index (κ1) is 12.9. The highest BCUT2D eigenvalue weighted by molar-refractivity contribution is 5.93. The van der Waals surface area contributed by atoms with E-state index < -0.39 is 5.97 Å². The lowest BCUT2D eigenvalue weighted by molar-refractivity contribution is 0.0601. The highest BCUT2D eigenvalue weighted by atomic mass is 19.1. The minimum absolute atomic E-state index is 0.0215. The van der Waals surface area contributed by atoms with Gasteiger partial charge in [0.05, 0.1) is 7.11 Å². The molecule has 0 atom stereocenters. The average Bonchev–Trinajstić information content (AvgIpc) is 2.41. The lowest BCUT2D eigenvalue weighted by atomic mass is 10.1. The number of carbonyl (C=O) groups excluding carboxylic acids is 1. The molecule has 0 fully saturated rings. The number of esters is 1. The molecule has 0 saturated heterocycles. The number of benzene rings is 1. The first-order chi connectivity index (χ1) is 9.11. The second-order valence-corrected chi connectivity index (χ2v) is 3.84. The highest BCUT2D eigenvalue weighted by Gasteiger charge is 2.13. The van der Waals surface area contributed by atoms with Gasteiger partial charge in [-0.05, 0) is 11.6 Å². The molecule has 0 spiro atoms. The fraction of sp³-hybridized carbons (Fsp3) is 0.154. The predicted octanol–water partition coefficient (Wildman–Crippen LogP) is 1.58. The zero-order valence-electron chi connectivity index (χ0n) is 10.3. The van der Waals surface area contributed by atoms with E-state index in [1.54, 1.807) is 18.2 Å². The largest absolute Gasteiger partial charge is 0.465 e. The van der Waals surface area contributed by atoms with Gasteiger partial charge in [0.2, 0.25) is 0 Å². The van der Waals surface area contributed by atoms with E-state index in [1.807, 2.05) is 0 Å². The molecular weight excluding hydrogens is 249 g/mol. The van der Waals surface area contributed by atoms with Crippen LogP contribution in [0.3, 0.4) is 0 Å². The first-order valence-electron chi connectivity index (χ1n) is 5.55. The maximum absolute atomic E-state index is 13.5. The molecule has 0 aliphatic heterocycles. The number of aromatic nitrogens is 2. The molecule has 0 amide bonds. The van der Waals surface area contributed by atoms with E-state index in [-0.39, 0.29) is 23.6 Å². The number of hydrogen-bond acceptors (Lipinski definition) is 5. The van der Waals surface area contributed by atoms with Gasteiger partial charge < -0.3 is 10.5 Å². The van der Waals surface area contributed by atoms with Gasteiger partial charge in [-0.1, -0.05) is 18.2 Å². The Bertz CT molecular complexity index is 617. The summed E-state index contributed by atoms with van der Waals surface area (Å²) >= 11 is 0. The number of rotatable bonds is 3. The molecule has 2 N–H and O–H groups in total. The normalized spacial score (nSPS) is 10.2. The fourth-order valence-corrected chi connectivity index (χ4v) is 1.60. The third kappa shape index (κ3) is 2.85. The fourth-order valence-electron chi connectivity index (χ4n) is 1.60. The van der Waals surface area contributed by atoms with Crippen LogP contribution in [0.2, 0.25) is 0 Å². The van der Waals surface area contributed by atoms with E-state index in [0.29, 0.717) is 11.4 Å². The molecule has 1 heterocycles. The van der Waals surface area contributed by atoms with Gasteiger partial charge in [-0.2, -0.15) is 0 Å². The zero-order valence-corrected chi connectivity index (χ0v) is 10.3. The number of hydrogen-bond donors (Lipinski definition) is 1. The van der Waals surface area contributed by atoms with Gasteiger partial charge in [-0.25, -0.2) is 19.2 Å². The first-order valence-corrected chi connectivity index (χ1v) is 5.55. The van der Waals surface area contributed by atoms with Crippen LogP contribution in [0.5, 0.6) is 0 Å². The number of nitrogens with two attached hydrogens (primary N) is 1. The van der Waals surface area contributed by atoms with Crippen molar-refractivity contribution in [1.29, 1.82) is 0 Å². The lowest BCUT2D eigenvalue weighted by Gasteiger charge is -2.05. The summed E-state index contributed by atoms with van der Waals surface area (Å²) in [7, 11) is 1.25. The van der Waals surface area contributed by atoms with Crippen LogP contribution < -0.4 is 5.73 Å². The SMILES string of the molecule is COC(=O)c1cnc(Cc2ccccc2F)nc1N. The molecule has 1 aromatic carbocycles. The summed E-state index contributed by atoms with van der Waals surface area (Å²) in [5.41, 5.74) is 6.21. The number of nitrogen functional groups attached to an aromatic ring is 1. The topological polar surface area (TPSA) is 78.1 Å². The van der Waals surface area contributed by atoms with Crippen molar-refractivity contribution in [2.45, 2.75) is 6.42 Å². The van der Waals surface area contributed by atoms with Crippen molar-refractivity contribution in [1.82, 2.24) is 9.97 Å². The summed E-state index contributed by atoms with van der Waals surface area (Å²) < 4.78 is 18.0. The number of nitrogens with zero attached hydrogens (tertiary/aromatic N) is 2. The van der Waals surface area contributed by atoms with Gasteiger partial charge in [-0.15, -0.1) is 0 Å². The number of carbonyl (C=O) groups is 1. The van der Waals surface area contributed by atoms with Crippen molar-refractivity contribution >= 4 is 11.8 Å². The van der Waals surface area contributed by atoms with Gasteiger partial charge in [0.25, 0.3) is 0 Å². The van der Waals surface area contributed by atoms with Crippen LogP contribution in [0, 0.1) is 5.82 Å². The van der Waals surface area contributed by atoms with Crippen LogP contribution in [0.15, 0.2) is 30.5 Å². The molecular formula is C13H12FN3O2. The number of methoxy groups -OCH3 is 1. The molecule has 0 saturated carbocycles. The van der Waals surface area contributed by atoms with Crippen LogP contribution >= 0.6 is 0 Å². The van der Waals surface area contributed by atoms with E-state index in [9.17, 15) is 9.18 Å². The van der Waals surface area contributed by atoms with Crippen molar-refractivity contribution in [3.8, 4) is 0 Å². The molecule has 2 aromatic rings. The summed E-state index contributed by atoms with van der Waals surface area (Å²) in [5, 5.41) is 0. The summed E-state index contributed by atoms with van der Waals surface area (Å²) in [6.07, 6.45) is 1.49. The predicted molar refractivity (Wildman–Crippen MR) is 67.0 cm³/mol. The minimum atomic E-state index is -0.602. The number of anilines is 1. The summed E-state index contributed by atoms with van der Waals surface area (Å²) in [4.78, 5) is 19.3. The number of halogens is 1. The summed E-state index contributed by atoms with van der Waals surface area (Å²) in [6.45, 7) is 0. The highest BCUT2D eigenvalue weighted by Crippen LogP contribution is 2.13. The average molecular weight is 261 g/mol. The third-order valence-corrected chi connectivity index (χ3v) is 2.58. The van der Waals surface area contributed by atoms with E-state index in [2.05, 4.69) is 14.7 Å². The van der Waals surface area contributed by atoms with Crippen molar-refractivity contribution in [3.05, 3.63) is 53.2 Å². The van der Waals surface area contributed by atoms with Crippen LogP contribution in [0.1, 0.15) is 21.7 Å². The minimum Gasteiger partial charge on any atom is -0.465 e. The van der Waals surface area contributed by atoms with Gasteiger partial charge in [0, 0.05) is 12.6 Å². The molecule has 6 heteroatoms. The van der Waals surface area contributed by atoms with Gasteiger partial charge in [0.15, 0.2) is 0 Å². The Kier molecular flexibility index (Phi) is 3.70. The zero-order chi connectivity index (χ0) is 13.8. The molecule has 2 rings (SSSR count). The smallest absolute Gasteiger partial charge is 0.343 e. The Hall–Kier alpha value is -2.50. The Labute approximate surface area is 109 Å². The molecule has 0 bridgehead atoms. The maximum Gasteiger partial charge on any atom is 0.343 e. The van der Waals surface area contributed by atoms with Crippen molar-refractivity contribution < 1.29 is 13.9 Å². The molecule has 1 aromatic heterocycles. The van der Waals surface area contributed by atoms with Gasteiger partial charge in [-0.3, -0.25) is 0 Å². The Morgan fingerprint density at radius 1 is 1.42 bits per heavy atom.